The number of aromatic nitrogens is 2. The van der Waals surface area contributed by atoms with Gasteiger partial charge in [0.15, 0.2) is 4.73 Å². The van der Waals surface area contributed by atoms with Crippen LogP contribution in [0.2, 0.25) is 0 Å². The van der Waals surface area contributed by atoms with Crippen LogP contribution in [0.15, 0.2) is 22.9 Å². The Kier molecular flexibility index (Phi) is 4.44. The fourth-order valence-corrected chi connectivity index (χ4v) is 2.44. The van der Waals surface area contributed by atoms with Crippen molar-refractivity contribution in [2.75, 3.05) is 7.11 Å². The summed E-state index contributed by atoms with van der Waals surface area (Å²) in [6.45, 7) is 1.99. The quantitative estimate of drug-likeness (QED) is 0.877. The van der Waals surface area contributed by atoms with Crippen LogP contribution in [0.4, 0.5) is 0 Å². The lowest BCUT2D eigenvalue weighted by molar-refractivity contribution is -0.136. The van der Waals surface area contributed by atoms with E-state index in [1.165, 1.54) is 0 Å². The van der Waals surface area contributed by atoms with E-state index >= 15 is 0 Å². The first-order chi connectivity index (χ1) is 9.51. The van der Waals surface area contributed by atoms with E-state index in [9.17, 15) is 4.79 Å². The normalized spacial score (nSPS) is 10.6. The third-order valence-corrected chi connectivity index (χ3v) is 3.32. The molecule has 2 aromatic rings. The van der Waals surface area contributed by atoms with Crippen molar-refractivity contribution in [1.29, 1.82) is 0 Å². The summed E-state index contributed by atoms with van der Waals surface area (Å²) in [7, 11) is 1.60. The maximum absolute atomic E-state index is 10.7. The number of halogens is 1. The van der Waals surface area contributed by atoms with E-state index in [0.29, 0.717) is 16.9 Å². The second-order valence-corrected chi connectivity index (χ2v) is 5.20. The summed E-state index contributed by atoms with van der Waals surface area (Å²) < 4.78 is 5.94. The molecule has 0 fully saturated rings. The second-order valence-electron chi connectivity index (χ2n) is 4.45. The van der Waals surface area contributed by atoms with Gasteiger partial charge < -0.3 is 14.8 Å². The number of aryl methyl sites for hydroxylation is 2. The number of rotatable bonds is 5. The molecule has 2 N–H and O–H groups in total. The van der Waals surface area contributed by atoms with E-state index in [4.69, 9.17) is 9.84 Å². The number of aromatic amines is 1. The zero-order chi connectivity index (χ0) is 14.7. The Morgan fingerprint density at radius 2 is 2.25 bits per heavy atom. The maximum atomic E-state index is 10.7. The zero-order valence-corrected chi connectivity index (χ0v) is 12.8. The smallest absolute Gasteiger partial charge is 0.303 e. The number of H-pyrrole nitrogens is 1. The molecule has 0 spiro atoms. The fourth-order valence-electron chi connectivity index (χ4n) is 2.02. The predicted molar refractivity (Wildman–Crippen MR) is 79.0 cm³/mol. The predicted octanol–water partition coefficient (Wildman–Crippen LogP) is 3.17. The first-order valence-electron chi connectivity index (χ1n) is 6.12. The van der Waals surface area contributed by atoms with Gasteiger partial charge in [0.1, 0.15) is 5.75 Å². The number of carbonyl (C=O) groups is 1. The lowest BCUT2D eigenvalue weighted by Gasteiger charge is -2.09. The lowest BCUT2D eigenvalue weighted by Crippen LogP contribution is -1.99. The molecule has 0 unspecified atom stereocenters. The van der Waals surface area contributed by atoms with Gasteiger partial charge in [-0.15, -0.1) is 0 Å². The van der Waals surface area contributed by atoms with E-state index in [-0.39, 0.29) is 6.42 Å². The van der Waals surface area contributed by atoms with Crippen LogP contribution in [-0.4, -0.2) is 28.2 Å². The summed E-state index contributed by atoms with van der Waals surface area (Å²) >= 11 is 3.30. The molecule has 0 aliphatic heterocycles. The molecule has 5 nitrogen and oxygen atoms in total. The van der Waals surface area contributed by atoms with Crippen LogP contribution in [0.1, 0.15) is 17.7 Å². The van der Waals surface area contributed by atoms with Gasteiger partial charge >= 0.3 is 5.97 Å². The van der Waals surface area contributed by atoms with Gasteiger partial charge in [-0.2, -0.15) is 0 Å². The van der Waals surface area contributed by atoms with E-state index in [1.807, 2.05) is 25.1 Å². The number of carboxylic acids is 1. The average molecular weight is 339 g/mol. The topological polar surface area (TPSA) is 75.2 Å². The number of carboxylic acid groups (broad SMARTS) is 1. The first kappa shape index (κ1) is 14.6. The van der Waals surface area contributed by atoms with Crippen LogP contribution in [0, 0.1) is 6.92 Å². The molecule has 6 heteroatoms. The van der Waals surface area contributed by atoms with Crippen molar-refractivity contribution in [3.05, 3.63) is 34.2 Å². The van der Waals surface area contributed by atoms with Crippen molar-refractivity contribution < 1.29 is 14.6 Å². The minimum atomic E-state index is -0.835. The van der Waals surface area contributed by atoms with Crippen molar-refractivity contribution in [1.82, 2.24) is 9.97 Å². The number of nitrogens with zero attached hydrogens (tertiary/aromatic N) is 1. The summed E-state index contributed by atoms with van der Waals surface area (Å²) in [5.74, 6) is -0.121. The first-order valence-corrected chi connectivity index (χ1v) is 6.91. The summed E-state index contributed by atoms with van der Waals surface area (Å²) in [4.78, 5) is 18.2. The van der Waals surface area contributed by atoms with Gasteiger partial charge in [-0.1, -0.05) is 11.6 Å². The number of benzene rings is 1. The molecule has 0 saturated heterocycles. The van der Waals surface area contributed by atoms with Crippen molar-refractivity contribution in [3.63, 3.8) is 0 Å². The highest BCUT2D eigenvalue weighted by molar-refractivity contribution is 9.10. The number of nitrogens with one attached hydrogen (secondary N) is 1. The van der Waals surface area contributed by atoms with E-state index < -0.39 is 5.97 Å². The molecule has 0 aliphatic carbocycles. The third-order valence-electron chi connectivity index (χ3n) is 2.95. The Labute approximate surface area is 125 Å². The number of ether oxygens (including phenoxy) is 1. The Morgan fingerprint density at radius 3 is 2.90 bits per heavy atom. The average Bonchev–Trinajstić information content (AvgIpc) is 2.77. The Bertz CT molecular complexity index is 637. The van der Waals surface area contributed by atoms with Gasteiger partial charge in [0.25, 0.3) is 0 Å². The molecular weight excluding hydrogens is 324 g/mol. The molecule has 0 atom stereocenters. The van der Waals surface area contributed by atoms with Crippen LogP contribution >= 0.6 is 15.9 Å². The molecule has 1 aromatic carbocycles. The van der Waals surface area contributed by atoms with Crippen LogP contribution in [0.25, 0.3) is 11.3 Å². The largest absolute Gasteiger partial charge is 0.496 e. The monoisotopic (exact) mass is 338 g/mol. The lowest BCUT2D eigenvalue weighted by atomic mass is 10.0. The molecule has 0 amide bonds. The van der Waals surface area contributed by atoms with Gasteiger partial charge in [-0.3, -0.25) is 4.79 Å². The molecule has 1 heterocycles. The van der Waals surface area contributed by atoms with Gasteiger partial charge in [-0.25, -0.2) is 4.98 Å². The Balaban J connectivity index is 2.46. The standard InChI is InChI=1S/C14H15BrN2O3/c1-8-3-5-11(20-2)9(7-8)13-10(4-6-12(18)19)16-14(15)17-13/h3,5,7H,4,6H2,1-2H3,(H,16,17)(H,18,19). The van der Waals surface area contributed by atoms with Crippen LogP contribution in [0.3, 0.4) is 0 Å². The molecule has 0 radical (unpaired) electrons. The van der Waals surface area contributed by atoms with Gasteiger partial charge in [0.05, 0.1) is 19.2 Å². The SMILES string of the molecule is COc1ccc(C)cc1-c1nc(Br)[nH]c1CCC(=O)O. The van der Waals surface area contributed by atoms with E-state index in [0.717, 1.165) is 22.5 Å². The minimum absolute atomic E-state index is 0.0514. The highest BCUT2D eigenvalue weighted by Crippen LogP contribution is 2.33. The Morgan fingerprint density at radius 1 is 1.50 bits per heavy atom. The van der Waals surface area contributed by atoms with Gasteiger partial charge in [-0.05, 0) is 35.0 Å². The number of hydrogen-bond donors (Lipinski definition) is 2. The van der Waals surface area contributed by atoms with E-state index in [2.05, 4.69) is 25.9 Å². The van der Waals surface area contributed by atoms with Crippen LogP contribution in [-0.2, 0) is 11.2 Å². The molecule has 20 heavy (non-hydrogen) atoms. The molecule has 1 aromatic heterocycles. The molecule has 106 valence electrons. The van der Waals surface area contributed by atoms with Crippen LogP contribution < -0.4 is 4.74 Å². The Hall–Kier alpha value is -1.82. The van der Waals surface area contributed by atoms with Crippen molar-refractivity contribution in [3.8, 4) is 17.0 Å². The number of aliphatic carboxylic acids is 1. The fraction of sp³-hybridized carbons (Fsp3) is 0.286. The molecule has 2 rings (SSSR count). The summed E-state index contributed by atoms with van der Waals surface area (Å²) in [5, 5.41) is 8.82. The van der Waals surface area contributed by atoms with Crippen molar-refractivity contribution in [2.45, 2.75) is 19.8 Å². The highest BCUT2D eigenvalue weighted by atomic mass is 79.9. The highest BCUT2D eigenvalue weighted by Gasteiger charge is 2.16. The van der Waals surface area contributed by atoms with Gasteiger partial charge in [0, 0.05) is 17.7 Å². The summed E-state index contributed by atoms with van der Waals surface area (Å²) in [6.07, 6.45) is 0.441. The number of methoxy groups -OCH3 is 1. The zero-order valence-electron chi connectivity index (χ0n) is 11.2. The molecule has 0 bridgehead atoms. The maximum Gasteiger partial charge on any atom is 0.303 e. The second kappa shape index (κ2) is 6.09. The molecule has 0 aliphatic rings. The van der Waals surface area contributed by atoms with Crippen molar-refractivity contribution >= 4 is 21.9 Å². The van der Waals surface area contributed by atoms with Gasteiger partial charge in [0.2, 0.25) is 0 Å². The molecule has 0 saturated carbocycles. The van der Waals surface area contributed by atoms with Crippen LogP contribution in [0.5, 0.6) is 5.75 Å². The number of imidazole rings is 1. The number of hydrogen-bond acceptors (Lipinski definition) is 3. The molecular formula is C14H15BrN2O3. The van der Waals surface area contributed by atoms with Crippen molar-refractivity contribution in [2.24, 2.45) is 0 Å². The van der Waals surface area contributed by atoms with E-state index in [1.54, 1.807) is 7.11 Å². The summed E-state index contributed by atoms with van der Waals surface area (Å²) in [6, 6.07) is 5.82. The minimum Gasteiger partial charge on any atom is -0.496 e. The summed E-state index contributed by atoms with van der Waals surface area (Å²) in [5.41, 5.74) is 3.45. The third kappa shape index (κ3) is 3.19.